The van der Waals surface area contributed by atoms with Gasteiger partial charge in [-0.3, -0.25) is 9.82 Å². The summed E-state index contributed by atoms with van der Waals surface area (Å²) >= 11 is 0. The van der Waals surface area contributed by atoms with Crippen LogP contribution in [0, 0.1) is 25.2 Å². The SMILES string of the molecule is Cc1n[nH]c(C)c1NS(=O)(=O)c1ccc(CC#N)cc1. The first-order valence-electron chi connectivity index (χ1n) is 5.94. The maximum atomic E-state index is 12.3. The quantitative estimate of drug-likeness (QED) is 0.898. The van der Waals surface area contributed by atoms with Gasteiger partial charge in [0.1, 0.15) is 0 Å². The number of sulfonamides is 1. The third kappa shape index (κ3) is 2.81. The van der Waals surface area contributed by atoms with Crippen LogP contribution in [0.25, 0.3) is 0 Å². The van der Waals surface area contributed by atoms with E-state index in [2.05, 4.69) is 14.9 Å². The van der Waals surface area contributed by atoms with Crippen LogP contribution in [0.1, 0.15) is 17.0 Å². The van der Waals surface area contributed by atoms with E-state index in [1.807, 2.05) is 6.07 Å². The maximum absolute atomic E-state index is 12.3. The second-order valence-electron chi connectivity index (χ2n) is 4.39. The van der Waals surface area contributed by atoms with E-state index in [4.69, 9.17) is 5.26 Å². The number of aryl methyl sites for hydroxylation is 2. The highest BCUT2D eigenvalue weighted by molar-refractivity contribution is 7.92. The summed E-state index contributed by atoms with van der Waals surface area (Å²) in [5, 5.41) is 15.3. The van der Waals surface area contributed by atoms with Gasteiger partial charge in [-0.2, -0.15) is 10.4 Å². The van der Waals surface area contributed by atoms with Gasteiger partial charge in [-0.25, -0.2) is 8.42 Å². The van der Waals surface area contributed by atoms with Crippen molar-refractivity contribution in [3.63, 3.8) is 0 Å². The third-order valence-electron chi connectivity index (χ3n) is 2.88. The Kier molecular flexibility index (Phi) is 3.77. The molecule has 0 aliphatic rings. The summed E-state index contributed by atoms with van der Waals surface area (Å²) in [6, 6.07) is 8.25. The minimum atomic E-state index is -3.65. The molecule has 0 saturated carbocycles. The predicted octanol–water partition coefficient (Wildman–Crippen LogP) is 1.89. The van der Waals surface area contributed by atoms with Gasteiger partial charge in [0.2, 0.25) is 0 Å². The molecule has 0 unspecified atom stereocenters. The molecule has 2 N–H and O–H groups in total. The number of hydrogen-bond acceptors (Lipinski definition) is 4. The van der Waals surface area contributed by atoms with E-state index in [9.17, 15) is 8.42 Å². The van der Waals surface area contributed by atoms with E-state index >= 15 is 0 Å². The van der Waals surface area contributed by atoms with E-state index in [0.717, 1.165) is 5.56 Å². The Hall–Kier alpha value is -2.33. The number of aromatic amines is 1. The summed E-state index contributed by atoms with van der Waals surface area (Å²) in [7, 11) is -3.65. The third-order valence-corrected chi connectivity index (χ3v) is 4.25. The summed E-state index contributed by atoms with van der Waals surface area (Å²) in [5.74, 6) is 0. The molecule has 7 heteroatoms. The van der Waals surface area contributed by atoms with Gasteiger partial charge < -0.3 is 0 Å². The van der Waals surface area contributed by atoms with Crippen molar-refractivity contribution in [3.05, 3.63) is 41.2 Å². The Morgan fingerprint density at radius 1 is 1.30 bits per heavy atom. The maximum Gasteiger partial charge on any atom is 0.262 e. The summed E-state index contributed by atoms with van der Waals surface area (Å²) in [4.78, 5) is 0.152. The van der Waals surface area contributed by atoms with E-state index < -0.39 is 10.0 Å². The summed E-state index contributed by atoms with van der Waals surface area (Å²) < 4.78 is 27.0. The molecule has 2 rings (SSSR count). The van der Waals surface area contributed by atoms with Crippen molar-refractivity contribution in [1.82, 2.24) is 10.2 Å². The van der Waals surface area contributed by atoms with Crippen LogP contribution < -0.4 is 4.72 Å². The highest BCUT2D eigenvalue weighted by Crippen LogP contribution is 2.21. The van der Waals surface area contributed by atoms with Gasteiger partial charge in [0, 0.05) is 0 Å². The Labute approximate surface area is 117 Å². The lowest BCUT2D eigenvalue weighted by atomic mass is 10.2. The molecule has 0 aliphatic carbocycles. The van der Waals surface area contributed by atoms with Gasteiger partial charge in [-0.05, 0) is 31.5 Å². The van der Waals surface area contributed by atoms with Gasteiger partial charge in [-0.1, -0.05) is 12.1 Å². The molecular weight excluding hydrogens is 276 g/mol. The zero-order chi connectivity index (χ0) is 14.8. The largest absolute Gasteiger partial charge is 0.280 e. The van der Waals surface area contributed by atoms with Crippen molar-refractivity contribution in [2.24, 2.45) is 0 Å². The van der Waals surface area contributed by atoms with Crippen molar-refractivity contribution in [2.75, 3.05) is 4.72 Å². The predicted molar refractivity (Wildman–Crippen MR) is 74.6 cm³/mol. The fraction of sp³-hybridized carbons (Fsp3) is 0.231. The zero-order valence-corrected chi connectivity index (χ0v) is 12.0. The van der Waals surface area contributed by atoms with E-state index in [0.29, 0.717) is 17.1 Å². The van der Waals surface area contributed by atoms with Gasteiger partial charge in [0.25, 0.3) is 10.0 Å². The molecule has 1 aromatic heterocycles. The number of nitriles is 1. The lowest BCUT2D eigenvalue weighted by Crippen LogP contribution is -2.14. The van der Waals surface area contributed by atoms with Crippen LogP contribution in [0.5, 0.6) is 0 Å². The van der Waals surface area contributed by atoms with Crippen molar-refractivity contribution >= 4 is 15.7 Å². The van der Waals surface area contributed by atoms with Crippen LogP contribution in [0.3, 0.4) is 0 Å². The van der Waals surface area contributed by atoms with Crippen molar-refractivity contribution < 1.29 is 8.42 Å². The summed E-state index contributed by atoms with van der Waals surface area (Å²) in [5.41, 5.74) is 2.49. The molecule has 1 aromatic carbocycles. The summed E-state index contributed by atoms with van der Waals surface area (Å²) in [6.07, 6.45) is 0.258. The minimum absolute atomic E-state index is 0.152. The number of nitrogens with zero attached hydrogens (tertiary/aromatic N) is 2. The molecule has 0 radical (unpaired) electrons. The minimum Gasteiger partial charge on any atom is -0.280 e. The second-order valence-corrected chi connectivity index (χ2v) is 6.08. The van der Waals surface area contributed by atoms with Crippen LogP contribution in [-0.4, -0.2) is 18.6 Å². The molecule has 1 heterocycles. The molecule has 0 saturated heterocycles. The first-order valence-corrected chi connectivity index (χ1v) is 7.42. The first-order chi connectivity index (χ1) is 9.44. The number of aromatic nitrogens is 2. The van der Waals surface area contributed by atoms with E-state index in [1.54, 1.807) is 26.0 Å². The molecule has 0 bridgehead atoms. The lowest BCUT2D eigenvalue weighted by molar-refractivity contribution is 0.601. The highest BCUT2D eigenvalue weighted by Gasteiger charge is 2.17. The molecule has 2 aromatic rings. The number of H-pyrrole nitrogens is 1. The summed E-state index contributed by atoms with van der Waals surface area (Å²) in [6.45, 7) is 3.46. The van der Waals surface area contributed by atoms with Gasteiger partial charge in [0.05, 0.1) is 34.5 Å². The average Bonchev–Trinajstić information content (AvgIpc) is 2.71. The number of benzene rings is 1. The van der Waals surface area contributed by atoms with Crippen LogP contribution in [0.4, 0.5) is 5.69 Å². The monoisotopic (exact) mass is 290 g/mol. The Bertz CT molecular complexity index is 735. The van der Waals surface area contributed by atoms with Gasteiger partial charge in [0.15, 0.2) is 0 Å². The molecule has 0 fully saturated rings. The Morgan fingerprint density at radius 2 is 1.95 bits per heavy atom. The normalized spacial score (nSPS) is 11.1. The number of hydrogen-bond donors (Lipinski definition) is 2. The molecular formula is C13H14N4O2S. The molecule has 0 atom stereocenters. The zero-order valence-electron chi connectivity index (χ0n) is 11.1. The van der Waals surface area contributed by atoms with Crippen LogP contribution in [0.15, 0.2) is 29.2 Å². The molecule has 20 heavy (non-hydrogen) atoms. The Morgan fingerprint density at radius 3 is 2.45 bits per heavy atom. The number of rotatable bonds is 4. The fourth-order valence-electron chi connectivity index (χ4n) is 1.77. The molecule has 0 amide bonds. The fourth-order valence-corrected chi connectivity index (χ4v) is 2.95. The standard InChI is InChI=1S/C13H14N4O2S/c1-9-13(10(2)16-15-9)17-20(18,19)12-5-3-11(4-6-12)7-8-14/h3-6,17H,7H2,1-2H3,(H,15,16). The first kappa shape index (κ1) is 14.1. The van der Waals surface area contributed by atoms with Crippen molar-refractivity contribution in [2.45, 2.75) is 25.2 Å². The molecule has 0 aliphatic heterocycles. The Balaban J connectivity index is 2.29. The molecule has 104 valence electrons. The van der Waals surface area contributed by atoms with Crippen LogP contribution in [-0.2, 0) is 16.4 Å². The van der Waals surface area contributed by atoms with Gasteiger partial charge >= 0.3 is 0 Å². The van der Waals surface area contributed by atoms with Crippen molar-refractivity contribution in [3.8, 4) is 6.07 Å². The van der Waals surface area contributed by atoms with Gasteiger partial charge in [-0.15, -0.1) is 0 Å². The number of anilines is 1. The van der Waals surface area contributed by atoms with Crippen LogP contribution in [0.2, 0.25) is 0 Å². The lowest BCUT2D eigenvalue weighted by Gasteiger charge is -2.08. The topological polar surface area (TPSA) is 98.6 Å². The van der Waals surface area contributed by atoms with Crippen molar-refractivity contribution in [1.29, 1.82) is 5.26 Å². The second kappa shape index (κ2) is 5.35. The number of nitrogens with one attached hydrogen (secondary N) is 2. The highest BCUT2D eigenvalue weighted by atomic mass is 32.2. The van der Waals surface area contributed by atoms with E-state index in [1.165, 1.54) is 12.1 Å². The molecule has 0 spiro atoms. The van der Waals surface area contributed by atoms with E-state index in [-0.39, 0.29) is 11.3 Å². The van der Waals surface area contributed by atoms with Crippen LogP contribution >= 0.6 is 0 Å². The molecule has 6 nitrogen and oxygen atoms in total. The smallest absolute Gasteiger partial charge is 0.262 e. The average molecular weight is 290 g/mol.